The molecule has 27 heavy (non-hydrogen) atoms. The van der Waals surface area contributed by atoms with Crippen LogP contribution in [-0.4, -0.2) is 55.9 Å². The van der Waals surface area contributed by atoms with Gasteiger partial charge in [-0.3, -0.25) is 0 Å². The number of likely N-dealkylation sites (tertiary alicyclic amines) is 1. The Hall–Kier alpha value is -1.30. The average molecular weight is 394 g/mol. The number of rotatable bonds is 6. The van der Waals surface area contributed by atoms with Crippen molar-refractivity contribution in [1.29, 1.82) is 0 Å². The largest absolute Gasteiger partial charge is 0.376 e. The molecule has 6 heteroatoms. The van der Waals surface area contributed by atoms with E-state index >= 15 is 0 Å². The first-order valence-corrected chi connectivity index (χ1v) is 10.6. The van der Waals surface area contributed by atoms with Crippen LogP contribution in [0.1, 0.15) is 44.6 Å². The summed E-state index contributed by atoms with van der Waals surface area (Å²) in [5, 5.41) is 4.18. The number of guanidine groups is 1. The molecule has 0 amide bonds. The Balaban J connectivity index is 1.47. The molecule has 1 atom stereocenters. The monoisotopic (exact) mass is 393 g/mol. The first-order chi connectivity index (χ1) is 13.3. The first-order valence-electron chi connectivity index (χ1n) is 10.3. The Morgan fingerprint density at radius 3 is 2.78 bits per heavy atom. The van der Waals surface area contributed by atoms with Crippen LogP contribution in [0, 0.1) is 0 Å². The molecule has 3 rings (SSSR count). The van der Waals surface area contributed by atoms with Gasteiger partial charge in [-0.05, 0) is 50.7 Å². The zero-order chi connectivity index (χ0) is 18.9. The number of hydrogen-bond donors (Lipinski definition) is 1. The van der Waals surface area contributed by atoms with Gasteiger partial charge in [-0.25, -0.2) is 4.99 Å². The number of nitrogens with one attached hydrogen (secondary N) is 1. The van der Waals surface area contributed by atoms with E-state index in [1.807, 2.05) is 24.3 Å². The molecule has 1 N–H and O–H groups in total. The van der Waals surface area contributed by atoms with Crippen LogP contribution in [-0.2, 0) is 16.0 Å². The number of piperidine rings is 1. The quantitative estimate of drug-likeness (QED) is 0.589. The van der Waals surface area contributed by atoms with Crippen LogP contribution in [0.5, 0.6) is 0 Å². The van der Waals surface area contributed by atoms with Gasteiger partial charge in [0.05, 0.1) is 25.4 Å². The molecule has 2 heterocycles. The molecule has 0 bridgehead atoms. The van der Waals surface area contributed by atoms with Crippen molar-refractivity contribution in [3.8, 4) is 0 Å². The molecule has 5 nitrogen and oxygen atoms in total. The van der Waals surface area contributed by atoms with E-state index < -0.39 is 0 Å². The van der Waals surface area contributed by atoms with Crippen LogP contribution in [0.4, 0.5) is 0 Å². The molecule has 0 radical (unpaired) electrons. The summed E-state index contributed by atoms with van der Waals surface area (Å²) in [6.45, 7) is 7.11. The molecule has 0 saturated carbocycles. The zero-order valence-corrected chi connectivity index (χ0v) is 17.1. The summed E-state index contributed by atoms with van der Waals surface area (Å²) in [7, 11) is 0. The highest BCUT2D eigenvalue weighted by Gasteiger charge is 2.23. The van der Waals surface area contributed by atoms with E-state index in [4.69, 9.17) is 26.1 Å². The normalized spacial score (nSPS) is 22.1. The molecule has 2 saturated heterocycles. The molecule has 2 aliphatic heterocycles. The highest BCUT2D eigenvalue weighted by Crippen LogP contribution is 2.19. The molecule has 1 unspecified atom stereocenters. The molecule has 2 aliphatic rings. The van der Waals surface area contributed by atoms with Crippen molar-refractivity contribution >= 4 is 17.6 Å². The van der Waals surface area contributed by atoms with Crippen molar-refractivity contribution < 1.29 is 9.47 Å². The van der Waals surface area contributed by atoms with Gasteiger partial charge in [-0.1, -0.05) is 29.8 Å². The van der Waals surface area contributed by atoms with Gasteiger partial charge in [0.1, 0.15) is 0 Å². The molecule has 0 aromatic heterocycles. The van der Waals surface area contributed by atoms with Gasteiger partial charge < -0.3 is 19.7 Å². The van der Waals surface area contributed by atoms with Crippen LogP contribution < -0.4 is 5.32 Å². The number of benzene rings is 1. The molecule has 2 fully saturated rings. The van der Waals surface area contributed by atoms with E-state index in [9.17, 15) is 0 Å². The minimum absolute atomic E-state index is 0.297. The Labute approximate surface area is 168 Å². The smallest absolute Gasteiger partial charge is 0.194 e. The van der Waals surface area contributed by atoms with Gasteiger partial charge in [0.25, 0.3) is 0 Å². The summed E-state index contributed by atoms with van der Waals surface area (Å²) in [5.41, 5.74) is 1.06. The Morgan fingerprint density at radius 1 is 1.26 bits per heavy atom. The SMILES string of the molecule is CCNC(=NCc1ccccc1Cl)N1CCC(OCC2CCCCO2)CC1. The van der Waals surface area contributed by atoms with Crippen molar-refractivity contribution in [2.45, 2.75) is 57.8 Å². The predicted octanol–water partition coefficient (Wildman–Crippen LogP) is 3.86. The molecule has 150 valence electrons. The lowest BCUT2D eigenvalue weighted by atomic mass is 10.1. The number of halogens is 1. The lowest BCUT2D eigenvalue weighted by molar-refractivity contribution is -0.0721. The van der Waals surface area contributed by atoms with Gasteiger partial charge in [0.2, 0.25) is 0 Å². The van der Waals surface area contributed by atoms with Crippen molar-refractivity contribution in [1.82, 2.24) is 10.2 Å². The predicted molar refractivity (Wildman–Crippen MR) is 110 cm³/mol. The fourth-order valence-electron chi connectivity index (χ4n) is 3.63. The fraction of sp³-hybridized carbons (Fsp3) is 0.667. The second kappa shape index (κ2) is 10.9. The van der Waals surface area contributed by atoms with Crippen LogP contribution in [0.25, 0.3) is 0 Å². The van der Waals surface area contributed by atoms with Crippen LogP contribution in [0.2, 0.25) is 5.02 Å². The van der Waals surface area contributed by atoms with Crippen molar-refractivity contribution in [2.75, 3.05) is 32.8 Å². The summed E-state index contributed by atoms with van der Waals surface area (Å²) in [6.07, 6.45) is 6.28. The van der Waals surface area contributed by atoms with E-state index in [0.29, 0.717) is 18.8 Å². The van der Waals surface area contributed by atoms with Gasteiger partial charge >= 0.3 is 0 Å². The molecule has 1 aromatic rings. The molecule has 1 aromatic carbocycles. The Morgan fingerprint density at radius 2 is 2.07 bits per heavy atom. The van der Waals surface area contributed by atoms with Crippen LogP contribution in [0.3, 0.4) is 0 Å². The van der Waals surface area contributed by atoms with E-state index in [1.165, 1.54) is 12.8 Å². The Kier molecular flexibility index (Phi) is 8.24. The maximum atomic E-state index is 6.26. The maximum Gasteiger partial charge on any atom is 0.194 e. The summed E-state index contributed by atoms with van der Waals surface area (Å²) in [4.78, 5) is 7.13. The topological polar surface area (TPSA) is 46.1 Å². The lowest BCUT2D eigenvalue weighted by Gasteiger charge is -2.35. The second-order valence-electron chi connectivity index (χ2n) is 7.27. The van der Waals surface area contributed by atoms with Crippen molar-refractivity contribution in [3.05, 3.63) is 34.9 Å². The summed E-state index contributed by atoms with van der Waals surface area (Å²) in [5.74, 6) is 0.964. The minimum atomic E-state index is 0.297. The third-order valence-corrected chi connectivity index (χ3v) is 5.59. The first kappa shape index (κ1) is 20.4. The standard InChI is InChI=1S/C21H32ClN3O2/c1-2-23-21(24-15-17-7-3-4-9-20(17)22)25-12-10-18(11-13-25)27-16-19-8-5-6-14-26-19/h3-4,7,9,18-19H,2,5-6,8,10-16H2,1H3,(H,23,24). The highest BCUT2D eigenvalue weighted by atomic mass is 35.5. The van der Waals surface area contributed by atoms with Gasteiger partial charge in [-0.2, -0.15) is 0 Å². The maximum absolute atomic E-state index is 6.26. The summed E-state index contributed by atoms with van der Waals surface area (Å²) in [6, 6.07) is 7.90. The summed E-state index contributed by atoms with van der Waals surface area (Å²) < 4.78 is 11.9. The number of aliphatic imine (C=N–C) groups is 1. The van der Waals surface area contributed by atoms with Crippen molar-refractivity contribution in [2.24, 2.45) is 4.99 Å². The minimum Gasteiger partial charge on any atom is -0.376 e. The zero-order valence-electron chi connectivity index (χ0n) is 16.3. The lowest BCUT2D eigenvalue weighted by Crippen LogP contribution is -2.47. The van der Waals surface area contributed by atoms with Gasteiger partial charge in [-0.15, -0.1) is 0 Å². The number of nitrogens with zero attached hydrogens (tertiary/aromatic N) is 2. The number of hydrogen-bond acceptors (Lipinski definition) is 3. The molecule has 0 aliphatic carbocycles. The number of ether oxygens (including phenoxy) is 2. The fourth-order valence-corrected chi connectivity index (χ4v) is 3.82. The van der Waals surface area contributed by atoms with E-state index in [1.54, 1.807) is 0 Å². The molecular weight excluding hydrogens is 362 g/mol. The molecular formula is C21H32ClN3O2. The third kappa shape index (κ3) is 6.37. The summed E-state index contributed by atoms with van der Waals surface area (Å²) >= 11 is 6.26. The Bertz CT molecular complexity index is 597. The third-order valence-electron chi connectivity index (χ3n) is 5.23. The molecule has 0 spiro atoms. The van der Waals surface area contributed by atoms with Crippen LogP contribution in [0.15, 0.2) is 29.3 Å². The van der Waals surface area contributed by atoms with Gasteiger partial charge in [0.15, 0.2) is 5.96 Å². The van der Waals surface area contributed by atoms with E-state index in [2.05, 4.69) is 17.1 Å². The van der Waals surface area contributed by atoms with E-state index in [0.717, 1.165) is 68.7 Å². The second-order valence-corrected chi connectivity index (χ2v) is 7.68. The van der Waals surface area contributed by atoms with Crippen molar-refractivity contribution in [3.63, 3.8) is 0 Å². The van der Waals surface area contributed by atoms with E-state index in [-0.39, 0.29) is 0 Å². The highest BCUT2D eigenvalue weighted by molar-refractivity contribution is 6.31. The average Bonchev–Trinajstić information content (AvgIpc) is 2.72. The van der Waals surface area contributed by atoms with Gasteiger partial charge in [0, 0.05) is 31.3 Å². The van der Waals surface area contributed by atoms with Crippen LogP contribution >= 0.6 is 11.6 Å².